The number of methoxy groups -OCH3 is 1. The van der Waals surface area contributed by atoms with E-state index in [1.165, 1.54) is 18.9 Å². The zero-order valence-electron chi connectivity index (χ0n) is 10.9. The van der Waals surface area contributed by atoms with Crippen LogP contribution >= 0.6 is 11.8 Å². The van der Waals surface area contributed by atoms with E-state index in [9.17, 15) is 9.59 Å². The maximum Gasteiger partial charge on any atom is 0.334 e. The topological polar surface area (TPSA) is 119 Å². The average Bonchev–Trinajstić information content (AvgIpc) is 3.15. The minimum Gasteiger partial charge on any atom is -0.479 e. The SMILES string of the molecule is COC(CNC(=O)CSc1nnnn1C1CC1)C(=O)O. The van der Waals surface area contributed by atoms with Gasteiger partial charge in [-0.2, -0.15) is 0 Å². The molecule has 0 aromatic carbocycles. The second kappa shape index (κ2) is 6.66. The van der Waals surface area contributed by atoms with Crippen molar-refractivity contribution in [2.75, 3.05) is 19.4 Å². The molecule has 0 spiro atoms. The summed E-state index contributed by atoms with van der Waals surface area (Å²) in [7, 11) is 1.28. The summed E-state index contributed by atoms with van der Waals surface area (Å²) < 4.78 is 6.43. The van der Waals surface area contributed by atoms with Gasteiger partial charge in [-0.3, -0.25) is 4.79 Å². The van der Waals surface area contributed by atoms with Gasteiger partial charge in [-0.15, -0.1) is 5.10 Å². The molecule has 1 aromatic rings. The van der Waals surface area contributed by atoms with Gasteiger partial charge in [-0.25, -0.2) is 9.48 Å². The van der Waals surface area contributed by atoms with Crippen LogP contribution in [-0.4, -0.2) is 62.7 Å². The van der Waals surface area contributed by atoms with Crippen molar-refractivity contribution in [3.05, 3.63) is 0 Å². The molecule has 1 fully saturated rings. The number of nitrogens with one attached hydrogen (secondary N) is 1. The largest absolute Gasteiger partial charge is 0.479 e. The lowest BCUT2D eigenvalue weighted by Gasteiger charge is -2.11. The van der Waals surface area contributed by atoms with Crippen LogP contribution < -0.4 is 5.32 Å². The number of rotatable bonds is 8. The van der Waals surface area contributed by atoms with E-state index in [0.717, 1.165) is 12.8 Å². The third-order valence-corrected chi connectivity index (χ3v) is 3.67. The molecule has 1 atom stereocenters. The molecule has 110 valence electrons. The fourth-order valence-electron chi connectivity index (χ4n) is 1.49. The summed E-state index contributed by atoms with van der Waals surface area (Å²) in [6.45, 7) is -0.0706. The molecule has 1 amide bonds. The highest BCUT2D eigenvalue weighted by Crippen LogP contribution is 2.36. The molecule has 9 nitrogen and oxygen atoms in total. The van der Waals surface area contributed by atoms with Gasteiger partial charge in [0, 0.05) is 7.11 Å². The van der Waals surface area contributed by atoms with Gasteiger partial charge < -0.3 is 15.2 Å². The average molecular weight is 301 g/mol. The lowest BCUT2D eigenvalue weighted by Crippen LogP contribution is -2.38. The Morgan fingerprint density at radius 3 is 2.95 bits per heavy atom. The van der Waals surface area contributed by atoms with E-state index < -0.39 is 12.1 Å². The normalized spacial score (nSPS) is 15.8. The number of carbonyl (C=O) groups is 2. The second-order valence-corrected chi connectivity index (χ2v) is 5.24. The number of carboxylic acids is 1. The van der Waals surface area contributed by atoms with Gasteiger partial charge in [0.05, 0.1) is 18.3 Å². The number of ether oxygens (including phenoxy) is 1. The standard InChI is InChI=1S/C10H15N5O4S/c1-19-7(9(17)18)4-11-8(16)5-20-10-12-13-14-15(10)6-2-3-6/h6-7H,2-5H2,1H3,(H,11,16)(H,17,18). The highest BCUT2D eigenvalue weighted by Gasteiger charge is 2.28. The fraction of sp³-hybridized carbons (Fsp3) is 0.700. The summed E-state index contributed by atoms with van der Waals surface area (Å²) >= 11 is 1.22. The van der Waals surface area contributed by atoms with Gasteiger partial charge >= 0.3 is 5.97 Å². The van der Waals surface area contributed by atoms with E-state index in [1.807, 2.05) is 0 Å². The molecule has 20 heavy (non-hydrogen) atoms. The molecule has 2 N–H and O–H groups in total. The highest BCUT2D eigenvalue weighted by atomic mass is 32.2. The Labute approximate surface area is 119 Å². The van der Waals surface area contributed by atoms with Crippen LogP contribution in [0.25, 0.3) is 0 Å². The second-order valence-electron chi connectivity index (χ2n) is 4.29. The first-order valence-corrected chi connectivity index (χ1v) is 7.03. The summed E-state index contributed by atoms with van der Waals surface area (Å²) in [5.41, 5.74) is 0. The van der Waals surface area contributed by atoms with Gasteiger partial charge in [-0.1, -0.05) is 11.8 Å². The van der Waals surface area contributed by atoms with Crippen LogP contribution in [0.2, 0.25) is 0 Å². The number of carboxylic acid groups (broad SMARTS) is 1. The van der Waals surface area contributed by atoms with Crippen molar-refractivity contribution in [2.45, 2.75) is 30.1 Å². The third-order valence-electron chi connectivity index (χ3n) is 2.73. The Morgan fingerprint density at radius 2 is 2.35 bits per heavy atom. The molecule has 1 heterocycles. The van der Waals surface area contributed by atoms with E-state index in [1.54, 1.807) is 4.68 Å². The summed E-state index contributed by atoms with van der Waals surface area (Å²) in [4.78, 5) is 22.3. The minimum atomic E-state index is -1.11. The maximum absolute atomic E-state index is 11.6. The molecule has 1 aliphatic carbocycles. The van der Waals surface area contributed by atoms with Crippen LogP contribution in [0.15, 0.2) is 5.16 Å². The number of amides is 1. The fourth-order valence-corrected chi connectivity index (χ4v) is 2.26. The Bertz CT molecular complexity index is 490. The van der Waals surface area contributed by atoms with Crippen LogP contribution in [0.1, 0.15) is 18.9 Å². The number of carbonyl (C=O) groups excluding carboxylic acids is 1. The Kier molecular flexibility index (Phi) is 4.90. The molecule has 1 unspecified atom stereocenters. The smallest absolute Gasteiger partial charge is 0.334 e. The minimum absolute atomic E-state index is 0.0706. The van der Waals surface area contributed by atoms with Crippen LogP contribution in [0.5, 0.6) is 0 Å². The molecular formula is C10H15N5O4S. The van der Waals surface area contributed by atoms with Crippen molar-refractivity contribution in [2.24, 2.45) is 0 Å². The molecule has 10 heteroatoms. The van der Waals surface area contributed by atoms with E-state index in [4.69, 9.17) is 9.84 Å². The first-order chi connectivity index (χ1) is 9.61. The molecule has 0 saturated heterocycles. The first-order valence-electron chi connectivity index (χ1n) is 6.04. The van der Waals surface area contributed by atoms with E-state index in [2.05, 4.69) is 20.8 Å². The Hall–Kier alpha value is -1.68. The number of tetrazole rings is 1. The zero-order valence-corrected chi connectivity index (χ0v) is 11.7. The predicted molar refractivity (Wildman–Crippen MR) is 68.3 cm³/mol. The molecule has 1 saturated carbocycles. The van der Waals surface area contributed by atoms with Crippen LogP contribution in [0, 0.1) is 0 Å². The monoisotopic (exact) mass is 301 g/mol. The Morgan fingerprint density at radius 1 is 1.60 bits per heavy atom. The van der Waals surface area contributed by atoms with Gasteiger partial charge in [0.2, 0.25) is 11.1 Å². The van der Waals surface area contributed by atoms with Crippen molar-refractivity contribution >= 4 is 23.6 Å². The van der Waals surface area contributed by atoms with Crippen molar-refractivity contribution in [1.82, 2.24) is 25.5 Å². The lowest BCUT2D eigenvalue weighted by molar-refractivity contribution is -0.148. The molecule has 1 aliphatic rings. The summed E-state index contributed by atoms with van der Waals surface area (Å²) in [5.74, 6) is -1.27. The number of aromatic nitrogens is 4. The van der Waals surface area contributed by atoms with E-state index >= 15 is 0 Å². The molecule has 2 rings (SSSR count). The molecule has 0 aliphatic heterocycles. The predicted octanol–water partition coefficient (Wildman–Crippen LogP) is -0.684. The first kappa shape index (κ1) is 14.7. The van der Waals surface area contributed by atoms with Gasteiger partial charge in [0.15, 0.2) is 6.10 Å². The molecular weight excluding hydrogens is 286 g/mol. The number of thioether (sulfide) groups is 1. The molecule has 0 bridgehead atoms. The van der Waals surface area contributed by atoms with Gasteiger partial charge in [-0.05, 0) is 23.3 Å². The molecule has 1 aromatic heterocycles. The van der Waals surface area contributed by atoms with Crippen molar-refractivity contribution in [3.63, 3.8) is 0 Å². The van der Waals surface area contributed by atoms with Crippen molar-refractivity contribution in [3.8, 4) is 0 Å². The lowest BCUT2D eigenvalue weighted by atomic mass is 10.3. The van der Waals surface area contributed by atoms with Gasteiger partial charge in [0.1, 0.15) is 0 Å². The number of nitrogens with zero attached hydrogens (tertiary/aromatic N) is 4. The maximum atomic E-state index is 11.6. The van der Waals surface area contributed by atoms with Crippen LogP contribution in [-0.2, 0) is 14.3 Å². The number of hydrogen-bond donors (Lipinski definition) is 2. The van der Waals surface area contributed by atoms with E-state index in [0.29, 0.717) is 11.2 Å². The third kappa shape index (κ3) is 3.90. The van der Waals surface area contributed by atoms with E-state index in [-0.39, 0.29) is 18.2 Å². The summed E-state index contributed by atoms with van der Waals surface area (Å²) in [6, 6.07) is 0.348. The van der Waals surface area contributed by atoms with Crippen molar-refractivity contribution in [1.29, 1.82) is 0 Å². The van der Waals surface area contributed by atoms with Crippen LogP contribution in [0.3, 0.4) is 0 Å². The summed E-state index contributed by atoms with van der Waals surface area (Å²) in [6.07, 6.45) is 1.07. The van der Waals surface area contributed by atoms with Gasteiger partial charge in [0.25, 0.3) is 0 Å². The summed E-state index contributed by atoms with van der Waals surface area (Å²) in [5, 5.41) is 23.2. The molecule has 0 radical (unpaired) electrons. The van der Waals surface area contributed by atoms with Crippen molar-refractivity contribution < 1.29 is 19.4 Å². The van der Waals surface area contributed by atoms with Crippen LogP contribution in [0.4, 0.5) is 0 Å². The Balaban J connectivity index is 1.74. The highest BCUT2D eigenvalue weighted by molar-refractivity contribution is 7.99. The number of aliphatic carboxylic acids is 1. The zero-order chi connectivity index (χ0) is 14.5. The number of hydrogen-bond acceptors (Lipinski definition) is 7. The quantitative estimate of drug-likeness (QED) is 0.606.